The molecule has 0 aliphatic carbocycles. The highest BCUT2D eigenvalue weighted by Crippen LogP contribution is 2.14. The monoisotopic (exact) mass is 166 g/mol. The molecule has 0 saturated carbocycles. The number of aryl methyl sites for hydroxylation is 1. The highest BCUT2D eigenvalue weighted by Gasteiger charge is 2.03. The van der Waals surface area contributed by atoms with Crippen LogP contribution in [0, 0.1) is 13.1 Å². The summed E-state index contributed by atoms with van der Waals surface area (Å²) in [4.78, 5) is 4.04. The average Bonchev–Trinajstić information content (AvgIpc) is 2.35. The maximum atomic E-state index is 5.66. The zero-order valence-electron chi connectivity index (χ0n) is 5.87. The van der Waals surface area contributed by atoms with Gasteiger partial charge in [-0.15, -0.1) is 0 Å². The zero-order chi connectivity index (χ0) is 7.84. The van der Waals surface area contributed by atoms with Crippen molar-refractivity contribution in [2.45, 2.75) is 6.92 Å². The molecule has 2 aromatic rings. The second kappa shape index (κ2) is 2.20. The summed E-state index contributed by atoms with van der Waals surface area (Å²) in [7, 11) is 0. The molecule has 11 heavy (non-hydrogen) atoms. The van der Waals surface area contributed by atoms with E-state index in [2.05, 4.69) is 16.3 Å². The van der Waals surface area contributed by atoms with E-state index in [0.717, 1.165) is 10.9 Å². The van der Waals surface area contributed by atoms with Gasteiger partial charge in [0.25, 0.3) is 0 Å². The lowest BCUT2D eigenvalue weighted by atomic mass is 10.2. The van der Waals surface area contributed by atoms with Crippen molar-refractivity contribution >= 4 is 22.8 Å². The molecular formula is C7H5ClN3. The minimum Gasteiger partial charge on any atom is -0.236 e. The summed E-state index contributed by atoms with van der Waals surface area (Å²) in [6, 6.07) is 1.90. The van der Waals surface area contributed by atoms with Crippen molar-refractivity contribution in [2.24, 2.45) is 0 Å². The quantitative estimate of drug-likeness (QED) is 0.595. The van der Waals surface area contributed by atoms with Gasteiger partial charge in [-0.3, -0.25) is 0 Å². The summed E-state index contributed by atoms with van der Waals surface area (Å²) < 4.78 is 1.20. The molecule has 0 aliphatic heterocycles. The summed E-state index contributed by atoms with van der Waals surface area (Å²) >= 11 is 5.66. The molecule has 0 unspecified atom stereocenters. The Morgan fingerprint density at radius 2 is 2.45 bits per heavy atom. The molecule has 0 fully saturated rings. The van der Waals surface area contributed by atoms with Crippen LogP contribution in [0.1, 0.15) is 5.56 Å². The third-order valence-corrected chi connectivity index (χ3v) is 1.80. The predicted molar refractivity (Wildman–Crippen MR) is 42.4 cm³/mol. The fourth-order valence-electron chi connectivity index (χ4n) is 0.963. The van der Waals surface area contributed by atoms with Crippen molar-refractivity contribution in [1.29, 1.82) is 0 Å². The zero-order valence-corrected chi connectivity index (χ0v) is 6.63. The first-order valence-electron chi connectivity index (χ1n) is 3.17. The van der Waals surface area contributed by atoms with Crippen LogP contribution in [0.2, 0.25) is 0 Å². The van der Waals surface area contributed by atoms with E-state index in [1.807, 2.05) is 13.0 Å². The average molecular weight is 167 g/mol. The van der Waals surface area contributed by atoms with Gasteiger partial charge in [-0.25, -0.2) is 4.98 Å². The molecular weight excluding hydrogens is 162 g/mol. The van der Waals surface area contributed by atoms with Crippen molar-refractivity contribution in [1.82, 2.24) is 14.3 Å². The lowest BCUT2D eigenvalue weighted by Gasteiger charge is -1.91. The van der Waals surface area contributed by atoms with Crippen LogP contribution >= 0.6 is 11.8 Å². The van der Waals surface area contributed by atoms with Gasteiger partial charge in [-0.2, -0.15) is 9.30 Å². The normalized spacial score (nSPS) is 10.7. The van der Waals surface area contributed by atoms with Crippen LogP contribution in [0.15, 0.2) is 12.3 Å². The minimum absolute atomic E-state index is 0.659. The highest BCUT2D eigenvalue weighted by atomic mass is 35.5. The Bertz CT molecular complexity index is 393. The van der Waals surface area contributed by atoms with Crippen LogP contribution in [0.3, 0.4) is 0 Å². The van der Waals surface area contributed by atoms with E-state index in [-0.39, 0.29) is 0 Å². The summed E-state index contributed by atoms with van der Waals surface area (Å²) in [5.74, 6) is 0. The minimum atomic E-state index is 0.659. The molecule has 0 saturated heterocycles. The maximum Gasteiger partial charge on any atom is 0.176 e. The van der Waals surface area contributed by atoms with E-state index >= 15 is 0 Å². The van der Waals surface area contributed by atoms with Gasteiger partial charge in [0.2, 0.25) is 0 Å². The molecule has 2 rings (SSSR count). The number of fused-ring (bicyclic) bond motifs is 1. The van der Waals surface area contributed by atoms with Crippen LogP contribution in [-0.2, 0) is 0 Å². The third kappa shape index (κ3) is 0.886. The van der Waals surface area contributed by atoms with Gasteiger partial charge in [0.05, 0.1) is 5.39 Å². The number of hydrogen-bond acceptors (Lipinski definition) is 2. The molecule has 0 atom stereocenters. The molecule has 55 valence electrons. The first-order valence-corrected chi connectivity index (χ1v) is 3.51. The Labute approximate surface area is 68.7 Å². The van der Waals surface area contributed by atoms with E-state index in [9.17, 15) is 0 Å². The standard InChI is InChI=1S/C7H5ClN3/c1-5-2-3-9-7-6(5)4-10-11(7)8/h2-3H,1H3. The van der Waals surface area contributed by atoms with Crippen LogP contribution in [-0.4, -0.2) is 14.3 Å². The topological polar surface area (TPSA) is 30.7 Å². The molecule has 0 spiro atoms. The number of aromatic nitrogens is 3. The molecule has 2 aromatic heterocycles. The van der Waals surface area contributed by atoms with Gasteiger partial charge < -0.3 is 0 Å². The summed E-state index contributed by atoms with van der Waals surface area (Å²) in [6.45, 7) is 1.97. The predicted octanol–water partition coefficient (Wildman–Crippen LogP) is 1.54. The van der Waals surface area contributed by atoms with Gasteiger partial charge in [0.15, 0.2) is 5.65 Å². The first kappa shape index (κ1) is 6.61. The smallest absolute Gasteiger partial charge is 0.176 e. The van der Waals surface area contributed by atoms with E-state index in [1.165, 1.54) is 4.20 Å². The largest absolute Gasteiger partial charge is 0.236 e. The second-order valence-electron chi connectivity index (χ2n) is 2.30. The van der Waals surface area contributed by atoms with E-state index < -0.39 is 0 Å². The molecule has 3 nitrogen and oxygen atoms in total. The van der Waals surface area contributed by atoms with Crippen LogP contribution in [0.25, 0.3) is 11.0 Å². The van der Waals surface area contributed by atoms with E-state index in [0.29, 0.717) is 5.65 Å². The van der Waals surface area contributed by atoms with E-state index in [4.69, 9.17) is 11.8 Å². The van der Waals surface area contributed by atoms with Gasteiger partial charge in [0, 0.05) is 18.0 Å². The van der Waals surface area contributed by atoms with Crippen LogP contribution < -0.4 is 0 Å². The highest BCUT2D eigenvalue weighted by molar-refractivity contribution is 6.17. The molecule has 0 N–H and O–H groups in total. The fourth-order valence-corrected chi connectivity index (χ4v) is 1.13. The van der Waals surface area contributed by atoms with Crippen molar-refractivity contribution < 1.29 is 0 Å². The number of hydrogen-bond donors (Lipinski definition) is 0. The Hall–Kier alpha value is -1.09. The summed E-state index contributed by atoms with van der Waals surface area (Å²) in [5, 5.41) is 4.63. The molecule has 0 bridgehead atoms. The van der Waals surface area contributed by atoms with Gasteiger partial charge in [-0.1, -0.05) is 0 Å². The van der Waals surface area contributed by atoms with Gasteiger partial charge in [-0.05, 0) is 18.6 Å². The number of nitrogens with zero attached hydrogens (tertiary/aromatic N) is 3. The molecule has 2 heterocycles. The molecule has 0 amide bonds. The Kier molecular flexibility index (Phi) is 1.32. The number of pyridine rings is 1. The molecule has 0 aliphatic rings. The third-order valence-electron chi connectivity index (χ3n) is 1.56. The fraction of sp³-hybridized carbons (Fsp3) is 0.143. The molecule has 4 heteroatoms. The summed E-state index contributed by atoms with van der Waals surface area (Å²) in [6.07, 6.45) is 4.48. The number of rotatable bonds is 0. The van der Waals surface area contributed by atoms with Gasteiger partial charge in [0.1, 0.15) is 6.20 Å². The SMILES string of the molecule is Cc1ccnc2c1[c]nn2Cl. The van der Waals surface area contributed by atoms with Crippen molar-refractivity contribution in [3.8, 4) is 0 Å². The summed E-state index contributed by atoms with van der Waals surface area (Å²) in [5.41, 5.74) is 1.74. The van der Waals surface area contributed by atoms with Crippen molar-refractivity contribution in [3.05, 3.63) is 24.0 Å². The lowest BCUT2D eigenvalue weighted by Crippen LogP contribution is -1.84. The maximum absolute atomic E-state index is 5.66. The Balaban J connectivity index is 2.94. The number of halogens is 1. The lowest BCUT2D eigenvalue weighted by molar-refractivity contribution is 1.00. The van der Waals surface area contributed by atoms with E-state index in [1.54, 1.807) is 6.20 Å². The molecule has 1 radical (unpaired) electrons. The first-order chi connectivity index (χ1) is 5.29. The molecule has 0 aromatic carbocycles. The Morgan fingerprint density at radius 1 is 1.64 bits per heavy atom. The van der Waals surface area contributed by atoms with Crippen molar-refractivity contribution in [3.63, 3.8) is 0 Å². The van der Waals surface area contributed by atoms with Crippen molar-refractivity contribution in [2.75, 3.05) is 0 Å². The second-order valence-corrected chi connectivity index (χ2v) is 2.62. The Morgan fingerprint density at radius 3 is 3.18 bits per heavy atom. The van der Waals surface area contributed by atoms with Gasteiger partial charge >= 0.3 is 0 Å². The van der Waals surface area contributed by atoms with Crippen LogP contribution in [0.4, 0.5) is 0 Å². The van der Waals surface area contributed by atoms with Crippen LogP contribution in [0.5, 0.6) is 0 Å².